The normalized spacial score (nSPS) is 11.6. The fraction of sp³-hybridized carbons (Fsp3) is 0.222. The first-order valence-corrected chi connectivity index (χ1v) is 8.01. The van der Waals surface area contributed by atoms with Crippen LogP contribution >= 0.6 is 0 Å². The van der Waals surface area contributed by atoms with Crippen molar-refractivity contribution < 1.29 is 4.39 Å². The molecule has 0 bridgehead atoms. The first-order chi connectivity index (χ1) is 12.0. The van der Waals surface area contributed by atoms with Gasteiger partial charge in [-0.25, -0.2) is 14.4 Å². The van der Waals surface area contributed by atoms with Gasteiger partial charge in [-0.15, -0.1) is 0 Å². The van der Waals surface area contributed by atoms with E-state index in [1.54, 1.807) is 6.33 Å². The molecule has 4 rings (SSSR count). The number of halogens is 1. The van der Waals surface area contributed by atoms with Crippen LogP contribution in [0.3, 0.4) is 0 Å². The lowest BCUT2D eigenvalue weighted by molar-refractivity contribution is 0.626. The monoisotopic (exact) mass is 338 g/mol. The maximum Gasteiger partial charge on any atom is 0.156 e. The fourth-order valence-electron chi connectivity index (χ4n) is 3.35. The number of aromatic nitrogens is 4. The molecule has 0 fully saturated rings. The van der Waals surface area contributed by atoms with Gasteiger partial charge in [0, 0.05) is 38.6 Å². The number of rotatable bonds is 3. The maximum absolute atomic E-state index is 14.0. The molecule has 0 radical (unpaired) electrons. The minimum Gasteiger partial charge on any atom is -0.371 e. The third-order valence-corrected chi connectivity index (χ3v) is 4.56. The Morgan fingerprint density at radius 2 is 2.00 bits per heavy atom. The third-order valence-electron chi connectivity index (χ3n) is 4.56. The lowest BCUT2D eigenvalue weighted by atomic mass is 10.1. The molecule has 7 heteroatoms. The Labute approximate surface area is 144 Å². The van der Waals surface area contributed by atoms with E-state index in [0.29, 0.717) is 6.54 Å². The summed E-state index contributed by atoms with van der Waals surface area (Å²) in [6.07, 6.45) is 1.77. The predicted octanol–water partition coefficient (Wildman–Crippen LogP) is 2.77. The summed E-state index contributed by atoms with van der Waals surface area (Å²) in [6, 6.07) is 6.92. The maximum atomic E-state index is 14.0. The van der Waals surface area contributed by atoms with Gasteiger partial charge >= 0.3 is 0 Å². The standard InChI is InChI=1S/C18H19FN6/c1-21-17-15-16(24(2)9-22-15)13-7-14(25(3)18(13)23-17)11-4-10(8-20)5-12(19)6-11/h4-7,9H,8,20H2,1-3H3,(H,21,23). The van der Waals surface area contributed by atoms with Gasteiger partial charge in [0.1, 0.15) is 17.0 Å². The van der Waals surface area contributed by atoms with Crippen molar-refractivity contribution in [1.29, 1.82) is 0 Å². The zero-order chi connectivity index (χ0) is 17.7. The zero-order valence-corrected chi connectivity index (χ0v) is 14.3. The number of hydrogen-bond donors (Lipinski definition) is 2. The summed E-state index contributed by atoms with van der Waals surface area (Å²) in [5.74, 6) is 0.426. The van der Waals surface area contributed by atoms with E-state index in [9.17, 15) is 4.39 Å². The van der Waals surface area contributed by atoms with Crippen LogP contribution < -0.4 is 11.1 Å². The number of hydrogen-bond acceptors (Lipinski definition) is 4. The van der Waals surface area contributed by atoms with Gasteiger partial charge in [-0.2, -0.15) is 0 Å². The molecule has 0 saturated heterocycles. The largest absolute Gasteiger partial charge is 0.371 e. The van der Waals surface area contributed by atoms with E-state index in [2.05, 4.69) is 10.3 Å². The van der Waals surface area contributed by atoms with Crippen molar-refractivity contribution in [3.63, 3.8) is 0 Å². The van der Waals surface area contributed by atoms with Crippen LogP contribution in [0.25, 0.3) is 33.3 Å². The molecule has 0 aliphatic carbocycles. The third kappa shape index (κ3) is 2.27. The summed E-state index contributed by atoms with van der Waals surface area (Å²) < 4.78 is 17.9. The summed E-state index contributed by atoms with van der Waals surface area (Å²) in [5.41, 5.74) is 10.7. The first-order valence-electron chi connectivity index (χ1n) is 8.01. The van der Waals surface area contributed by atoms with E-state index >= 15 is 0 Å². The lowest BCUT2D eigenvalue weighted by Crippen LogP contribution is -2.00. The fourth-order valence-corrected chi connectivity index (χ4v) is 3.35. The van der Waals surface area contributed by atoms with E-state index in [1.807, 2.05) is 42.4 Å². The molecule has 0 aliphatic rings. The lowest BCUT2D eigenvalue weighted by Gasteiger charge is -2.07. The van der Waals surface area contributed by atoms with E-state index in [-0.39, 0.29) is 5.82 Å². The Balaban J connectivity index is 2.07. The molecule has 6 nitrogen and oxygen atoms in total. The SMILES string of the molecule is CNc1nc2c(cc(-c3cc(F)cc(CN)c3)n2C)c2c1ncn2C. The highest BCUT2D eigenvalue weighted by Gasteiger charge is 2.18. The number of benzene rings is 1. The van der Waals surface area contributed by atoms with Crippen molar-refractivity contribution in [3.05, 3.63) is 42.0 Å². The van der Waals surface area contributed by atoms with Crippen LogP contribution in [0, 0.1) is 5.82 Å². The van der Waals surface area contributed by atoms with Crippen molar-refractivity contribution in [1.82, 2.24) is 19.1 Å². The number of nitrogens with two attached hydrogens (primary N) is 1. The van der Waals surface area contributed by atoms with Crippen molar-refractivity contribution in [2.45, 2.75) is 6.54 Å². The molecule has 0 atom stereocenters. The summed E-state index contributed by atoms with van der Waals surface area (Å²) in [6.45, 7) is 0.294. The van der Waals surface area contributed by atoms with E-state index in [0.717, 1.165) is 44.7 Å². The molecule has 25 heavy (non-hydrogen) atoms. The number of fused-ring (bicyclic) bond motifs is 3. The molecule has 128 valence electrons. The summed E-state index contributed by atoms with van der Waals surface area (Å²) in [4.78, 5) is 9.15. The van der Waals surface area contributed by atoms with Gasteiger partial charge in [-0.1, -0.05) is 0 Å². The van der Waals surface area contributed by atoms with Crippen LogP contribution in [0.15, 0.2) is 30.6 Å². The van der Waals surface area contributed by atoms with Gasteiger partial charge in [0.05, 0.1) is 17.5 Å². The van der Waals surface area contributed by atoms with Crippen LogP contribution in [0.5, 0.6) is 0 Å². The topological polar surface area (TPSA) is 73.7 Å². The number of nitrogens with one attached hydrogen (secondary N) is 1. The number of pyridine rings is 1. The number of imidazole rings is 1. The summed E-state index contributed by atoms with van der Waals surface area (Å²) in [5, 5.41) is 4.08. The molecular weight excluding hydrogens is 319 g/mol. The summed E-state index contributed by atoms with van der Waals surface area (Å²) in [7, 11) is 5.71. The van der Waals surface area contributed by atoms with Gasteiger partial charge in [-0.3, -0.25) is 0 Å². The second kappa shape index (κ2) is 5.56. The second-order valence-electron chi connectivity index (χ2n) is 6.14. The van der Waals surface area contributed by atoms with Crippen LogP contribution in [0.4, 0.5) is 10.2 Å². The molecular formula is C18H19FN6. The van der Waals surface area contributed by atoms with Crippen LogP contribution in [0.2, 0.25) is 0 Å². The molecule has 0 aliphatic heterocycles. The smallest absolute Gasteiger partial charge is 0.156 e. The highest BCUT2D eigenvalue weighted by molar-refractivity contribution is 6.07. The van der Waals surface area contributed by atoms with E-state index < -0.39 is 0 Å². The number of aryl methyl sites for hydroxylation is 2. The van der Waals surface area contributed by atoms with Gasteiger partial charge in [-0.05, 0) is 29.8 Å². The van der Waals surface area contributed by atoms with Gasteiger partial charge in [0.25, 0.3) is 0 Å². The molecule has 0 amide bonds. The molecule has 0 saturated carbocycles. The Hall–Kier alpha value is -2.93. The van der Waals surface area contributed by atoms with Crippen LogP contribution in [-0.2, 0) is 20.6 Å². The Morgan fingerprint density at radius 3 is 2.72 bits per heavy atom. The average molecular weight is 338 g/mol. The highest BCUT2D eigenvalue weighted by Crippen LogP contribution is 2.34. The summed E-state index contributed by atoms with van der Waals surface area (Å²) >= 11 is 0. The van der Waals surface area contributed by atoms with Gasteiger partial charge in [0.15, 0.2) is 5.82 Å². The number of anilines is 1. The highest BCUT2D eigenvalue weighted by atomic mass is 19.1. The van der Waals surface area contributed by atoms with Crippen molar-refractivity contribution in [2.75, 3.05) is 12.4 Å². The minimum atomic E-state index is -0.294. The second-order valence-corrected chi connectivity index (χ2v) is 6.14. The number of nitrogens with zero attached hydrogens (tertiary/aromatic N) is 4. The predicted molar refractivity (Wildman–Crippen MR) is 97.8 cm³/mol. The van der Waals surface area contributed by atoms with Crippen LogP contribution in [0.1, 0.15) is 5.56 Å². The quantitative estimate of drug-likeness (QED) is 0.602. The van der Waals surface area contributed by atoms with Crippen molar-refractivity contribution >= 4 is 27.9 Å². The molecule has 3 N–H and O–H groups in total. The Bertz CT molecular complexity index is 1110. The van der Waals surface area contributed by atoms with E-state index in [4.69, 9.17) is 10.7 Å². The zero-order valence-electron chi connectivity index (χ0n) is 14.3. The molecule has 0 unspecified atom stereocenters. The molecule has 1 aromatic carbocycles. The van der Waals surface area contributed by atoms with E-state index in [1.165, 1.54) is 12.1 Å². The average Bonchev–Trinajstić information content (AvgIpc) is 3.14. The molecule has 3 aromatic heterocycles. The minimum absolute atomic E-state index is 0.294. The van der Waals surface area contributed by atoms with Gasteiger partial charge in [0.2, 0.25) is 0 Å². The Kier molecular flexibility index (Phi) is 3.47. The van der Waals surface area contributed by atoms with Crippen LogP contribution in [-0.4, -0.2) is 26.1 Å². The van der Waals surface area contributed by atoms with Gasteiger partial charge < -0.3 is 20.2 Å². The first kappa shape index (κ1) is 15.6. The van der Waals surface area contributed by atoms with Crippen molar-refractivity contribution in [2.24, 2.45) is 19.8 Å². The molecule has 3 heterocycles. The van der Waals surface area contributed by atoms with Crippen molar-refractivity contribution in [3.8, 4) is 11.3 Å². The Morgan fingerprint density at radius 1 is 1.20 bits per heavy atom. The molecule has 4 aromatic rings. The molecule has 0 spiro atoms.